The van der Waals surface area contributed by atoms with Crippen molar-refractivity contribution in [3.05, 3.63) is 47.7 Å². The van der Waals surface area contributed by atoms with Crippen molar-refractivity contribution in [1.29, 1.82) is 0 Å². The molecule has 27 heavy (non-hydrogen) atoms. The summed E-state index contributed by atoms with van der Waals surface area (Å²) < 4.78 is 11.1. The number of rotatable bonds is 9. The quantitative estimate of drug-likeness (QED) is 0.723. The molecular weight excluding hydrogens is 342 g/mol. The second kappa shape index (κ2) is 9.55. The highest BCUT2D eigenvalue weighted by atomic mass is 16.5. The van der Waals surface area contributed by atoms with Crippen LogP contribution in [0.5, 0.6) is 5.75 Å². The van der Waals surface area contributed by atoms with Crippen LogP contribution in [0.2, 0.25) is 0 Å². The number of oxazole rings is 1. The van der Waals surface area contributed by atoms with Gasteiger partial charge in [0.15, 0.2) is 5.69 Å². The molecular formula is C21H31N3O3. The van der Waals surface area contributed by atoms with Crippen LogP contribution in [0.15, 0.2) is 34.9 Å². The van der Waals surface area contributed by atoms with E-state index in [1.54, 1.807) is 7.11 Å². The van der Waals surface area contributed by atoms with Gasteiger partial charge in [-0.05, 0) is 32.8 Å². The number of carbonyl (C=O) groups is 1. The Morgan fingerprint density at radius 1 is 1.19 bits per heavy atom. The van der Waals surface area contributed by atoms with E-state index in [0.717, 1.165) is 11.3 Å². The van der Waals surface area contributed by atoms with Gasteiger partial charge in [-0.25, -0.2) is 4.98 Å². The summed E-state index contributed by atoms with van der Waals surface area (Å²) in [5.74, 6) is 1.64. The van der Waals surface area contributed by atoms with Crippen LogP contribution in [0.25, 0.3) is 0 Å². The van der Waals surface area contributed by atoms with Crippen LogP contribution < -0.4 is 10.1 Å². The molecule has 1 N–H and O–H groups in total. The van der Waals surface area contributed by atoms with E-state index in [4.69, 9.17) is 9.15 Å². The second-order valence-electron chi connectivity index (χ2n) is 7.46. The lowest BCUT2D eigenvalue weighted by Gasteiger charge is -2.31. The average molecular weight is 373 g/mol. The summed E-state index contributed by atoms with van der Waals surface area (Å²) in [6.45, 7) is 11.6. The van der Waals surface area contributed by atoms with E-state index in [9.17, 15) is 4.79 Å². The van der Waals surface area contributed by atoms with E-state index in [0.29, 0.717) is 36.6 Å². The zero-order valence-electron chi connectivity index (χ0n) is 17.2. The van der Waals surface area contributed by atoms with Gasteiger partial charge in [0.1, 0.15) is 12.0 Å². The van der Waals surface area contributed by atoms with Crippen LogP contribution in [-0.2, 0) is 13.1 Å². The van der Waals surface area contributed by atoms with Gasteiger partial charge in [-0.2, -0.15) is 0 Å². The van der Waals surface area contributed by atoms with E-state index >= 15 is 0 Å². The second-order valence-corrected chi connectivity index (χ2v) is 7.46. The Labute approximate surface area is 161 Å². The lowest BCUT2D eigenvalue weighted by molar-refractivity contribution is 0.0938. The molecule has 0 aliphatic carbocycles. The normalized spacial score (nSPS) is 12.6. The molecule has 2 aromatic rings. The van der Waals surface area contributed by atoms with E-state index in [1.807, 2.05) is 32.0 Å². The molecule has 2 rings (SSSR count). The van der Waals surface area contributed by atoms with Crippen molar-refractivity contribution >= 4 is 5.91 Å². The molecule has 6 nitrogen and oxygen atoms in total. The minimum Gasteiger partial charge on any atom is -0.496 e. The number of amides is 1. The number of carbonyl (C=O) groups excluding carboxylic acids is 1. The number of hydrogen-bond donors (Lipinski definition) is 1. The number of methoxy groups -OCH3 is 1. The fraction of sp³-hybridized carbons (Fsp3) is 0.524. The van der Waals surface area contributed by atoms with Gasteiger partial charge in [-0.3, -0.25) is 9.69 Å². The summed E-state index contributed by atoms with van der Waals surface area (Å²) >= 11 is 0. The number of para-hydroxylation sites is 1. The molecule has 0 fully saturated rings. The molecule has 1 aromatic heterocycles. The smallest absolute Gasteiger partial charge is 0.273 e. The maximum absolute atomic E-state index is 12.1. The number of hydrogen-bond acceptors (Lipinski definition) is 5. The maximum atomic E-state index is 12.1. The molecule has 0 aliphatic heterocycles. The first-order chi connectivity index (χ1) is 12.8. The number of nitrogens with one attached hydrogen (secondary N) is 1. The third-order valence-corrected chi connectivity index (χ3v) is 4.65. The molecule has 0 saturated heterocycles. The van der Waals surface area contributed by atoms with E-state index in [1.165, 1.54) is 6.26 Å². The van der Waals surface area contributed by atoms with E-state index < -0.39 is 0 Å². The van der Waals surface area contributed by atoms with Gasteiger partial charge in [0.05, 0.1) is 13.7 Å². The highest BCUT2D eigenvalue weighted by Crippen LogP contribution is 2.23. The highest BCUT2D eigenvalue weighted by molar-refractivity contribution is 5.92. The number of ether oxygens (including phenoxy) is 1. The molecule has 0 spiro atoms. The van der Waals surface area contributed by atoms with E-state index in [-0.39, 0.29) is 11.9 Å². The number of benzene rings is 1. The Morgan fingerprint density at radius 3 is 2.52 bits per heavy atom. The van der Waals surface area contributed by atoms with Crippen LogP contribution in [0.4, 0.5) is 0 Å². The predicted molar refractivity (Wildman–Crippen MR) is 106 cm³/mol. The minimum absolute atomic E-state index is 0.0562. The molecule has 0 radical (unpaired) electrons. The van der Waals surface area contributed by atoms with Crippen LogP contribution in [0.1, 0.15) is 56.6 Å². The van der Waals surface area contributed by atoms with Crippen molar-refractivity contribution in [1.82, 2.24) is 15.2 Å². The van der Waals surface area contributed by atoms with Crippen LogP contribution in [0, 0.1) is 5.92 Å². The molecule has 0 unspecified atom stereocenters. The van der Waals surface area contributed by atoms with Crippen molar-refractivity contribution in [3.8, 4) is 5.75 Å². The third-order valence-electron chi connectivity index (χ3n) is 4.65. The first kappa shape index (κ1) is 21.0. The summed E-state index contributed by atoms with van der Waals surface area (Å²) in [6.07, 6.45) is 1.42. The van der Waals surface area contributed by atoms with Crippen LogP contribution in [-0.4, -0.2) is 35.0 Å². The van der Waals surface area contributed by atoms with Gasteiger partial charge < -0.3 is 14.5 Å². The SMILES string of the molecule is COc1ccccc1CN(Cc1nc(C(=O)NC(C)C)co1)[C@H](C)C(C)C. The van der Waals surface area contributed by atoms with Gasteiger partial charge >= 0.3 is 0 Å². The summed E-state index contributed by atoms with van der Waals surface area (Å²) in [5, 5.41) is 2.83. The zero-order valence-corrected chi connectivity index (χ0v) is 17.2. The monoisotopic (exact) mass is 373 g/mol. The van der Waals surface area contributed by atoms with Gasteiger partial charge in [-0.15, -0.1) is 0 Å². The molecule has 0 aliphatic rings. The first-order valence-electron chi connectivity index (χ1n) is 9.43. The minimum atomic E-state index is -0.215. The van der Waals surface area contributed by atoms with Gasteiger partial charge in [-0.1, -0.05) is 32.0 Å². The van der Waals surface area contributed by atoms with Crippen molar-refractivity contribution in [3.63, 3.8) is 0 Å². The van der Waals surface area contributed by atoms with Crippen LogP contribution >= 0.6 is 0 Å². The largest absolute Gasteiger partial charge is 0.496 e. The standard InChI is InChI=1S/C21H31N3O3/c1-14(2)16(5)24(11-17-9-7-8-10-19(17)26-6)12-20-23-18(13-27-20)21(25)22-15(3)4/h7-10,13-16H,11-12H2,1-6H3,(H,22,25)/t16-/m1/s1. The summed E-state index contributed by atoms with van der Waals surface area (Å²) in [5.41, 5.74) is 1.42. The van der Waals surface area contributed by atoms with Gasteiger partial charge in [0.2, 0.25) is 5.89 Å². The van der Waals surface area contributed by atoms with Crippen molar-refractivity contribution in [2.45, 2.75) is 59.8 Å². The van der Waals surface area contributed by atoms with Crippen molar-refractivity contribution < 1.29 is 13.9 Å². The highest BCUT2D eigenvalue weighted by Gasteiger charge is 2.22. The van der Waals surface area contributed by atoms with Gasteiger partial charge in [0.25, 0.3) is 5.91 Å². The zero-order chi connectivity index (χ0) is 20.0. The Bertz CT molecular complexity index is 740. The summed E-state index contributed by atoms with van der Waals surface area (Å²) in [7, 11) is 1.68. The molecule has 0 saturated carbocycles. The summed E-state index contributed by atoms with van der Waals surface area (Å²) in [4.78, 5) is 18.8. The lowest BCUT2D eigenvalue weighted by Crippen LogP contribution is -2.36. The van der Waals surface area contributed by atoms with E-state index in [2.05, 4.69) is 42.0 Å². The molecule has 1 aromatic carbocycles. The molecule has 1 amide bonds. The predicted octanol–water partition coefficient (Wildman–Crippen LogP) is 3.87. The fourth-order valence-corrected chi connectivity index (χ4v) is 2.82. The Balaban J connectivity index is 2.18. The molecule has 0 bridgehead atoms. The van der Waals surface area contributed by atoms with Crippen molar-refractivity contribution in [2.75, 3.05) is 7.11 Å². The Hall–Kier alpha value is -2.34. The molecule has 1 atom stereocenters. The Morgan fingerprint density at radius 2 is 1.89 bits per heavy atom. The topological polar surface area (TPSA) is 67.6 Å². The lowest BCUT2D eigenvalue weighted by atomic mass is 10.0. The van der Waals surface area contributed by atoms with Crippen molar-refractivity contribution in [2.24, 2.45) is 5.92 Å². The maximum Gasteiger partial charge on any atom is 0.273 e. The van der Waals surface area contributed by atoms with Crippen LogP contribution in [0.3, 0.4) is 0 Å². The summed E-state index contributed by atoms with van der Waals surface area (Å²) in [6, 6.07) is 8.36. The first-order valence-corrected chi connectivity index (χ1v) is 9.43. The number of nitrogens with zero attached hydrogens (tertiary/aromatic N) is 2. The molecule has 148 valence electrons. The Kier molecular flexibility index (Phi) is 7.42. The third kappa shape index (κ3) is 5.82. The molecule has 6 heteroatoms. The molecule has 1 heterocycles. The van der Waals surface area contributed by atoms with Gasteiger partial charge in [0, 0.05) is 24.2 Å². The number of aromatic nitrogens is 1. The average Bonchev–Trinajstić information content (AvgIpc) is 3.09. The fourth-order valence-electron chi connectivity index (χ4n) is 2.82.